The topological polar surface area (TPSA) is 109 Å². The fourth-order valence-corrected chi connectivity index (χ4v) is 3.49. The number of pyridine rings is 2. The van der Waals surface area contributed by atoms with Gasteiger partial charge in [-0.1, -0.05) is 12.8 Å². The Kier molecular flexibility index (Phi) is 4.57. The molecule has 0 amide bonds. The highest BCUT2D eigenvalue weighted by atomic mass is 16.4. The fraction of sp³-hybridized carbons (Fsp3) is 0.444. The van der Waals surface area contributed by atoms with Crippen LogP contribution in [0.4, 0.5) is 0 Å². The monoisotopic (exact) mass is 344 g/mol. The lowest BCUT2D eigenvalue weighted by Gasteiger charge is -2.14. The molecule has 2 aromatic heterocycles. The minimum Gasteiger partial charge on any atom is -0.506 e. The van der Waals surface area contributed by atoms with Crippen LogP contribution in [0.25, 0.3) is 11.0 Å². The number of carbonyl (C=O) groups excluding carboxylic acids is 1. The van der Waals surface area contributed by atoms with E-state index < -0.39 is 23.1 Å². The third-order valence-electron chi connectivity index (χ3n) is 4.89. The van der Waals surface area contributed by atoms with Gasteiger partial charge in [0.25, 0.3) is 5.56 Å². The van der Waals surface area contributed by atoms with Gasteiger partial charge in [-0.05, 0) is 30.4 Å². The van der Waals surface area contributed by atoms with Crippen molar-refractivity contribution in [3.63, 3.8) is 0 Å². The van der Waals surface area contributed by atoms with Crippen LogP contribution >= 0.6 is 0 Å². The zero-order chi connectivity index (χ0) is 18.1. The van der Waals surface area contributed by atoms with Gasteiger partial charge in [-0.2, -0.15) is 0 Å². The van der Waals surface area contributed by atoms with Crippen molar-refractivity contribution in [3.05, 3.63) is 33.7 Å². The van der Waals surface area contributed by atoms with E-state index >= 15 is 0 Å². The first kappa shape index (κ1) is 17.1. The number of hydrogen-bond acceptors (Lipinski definition) is 5. The van der Waals surface area contributed by atoms with Crippen LogP contribution in [-0.2, 0) is 11.8 Å². The van der Waals surface area contributed by atoms with Crippen LogP contribution in [-0.4, -0.2) is 31.5 Å². The number of carboxylic acid groups (broad SMARTS) is 1. The number of carbonyl (C=O) groups is 2. The summed E-state index contributed by atoms with van der Waals surface area (Å²) in [5.41, 5.74) is 0.269. The Morgan fingerprint density at radius 1 is 1.28 bits per heavy atom. The standard InChI is InChI=1S/C18H20N2O5/c1-20-17-12(8-11(9-19-17)10-4-2-3-5-10)16(24)15(18(20)25)13(21)6-7-14(22)23/h8-10,24H,2-7H2,1H3,(H,22,23). The lowest BCUT2D eigenvalue weighted by atomic mass is 9.97. The van der Waals surface area contributed by atoms with Gasteiger partial charge < -0.3 is 10.2 Å². The van der Waals surface area contributed by atoms with E-state index in [1.807, 2.05) is 0 Å². The van der Waals surface area contributed by atoms with E-state index in [1.54, 1.807) is 12.3 Å². The molecule has 0 unspecified atom stereocenters. The van der Waals surface area contributed by atoms with Gasteiger partial charge >= 0.3 is 5.97 Å². The lowest BCUT2D eigenvalue weighted by molar-refractivity contribution is -0.136. The van der Waals surface area contributed by atoms with Gasteiger partial charge in [0.2, 0.25) is 0 Å². The molecule has 1 aliphatic carbocycles. The zero-order valence-electron chi connectivity index (χ0n) is 14.0. The Morgan fingerprint density at radius 3 is 2.60 bits per heavy atom. The summed E-state index contributed by atoms with van der Waals surface area (Å²) < 4.78 is 1.22. The van der Waals surface area contributed by atoms with Gasteiger partial charge in [0.15, 0.2) is 5.78 Å². The number of aliphatic carboxylic acids is 1. The van der Waals surface area contributed by atoms with Crippen molar-refractivity contribution in [1.82, 2.24) is 9.55 Å². The molecule has 0 aliphatic heterocycles. The first-order valence-corrected chi connectivity index (χ1v) is 8.36. The van der Waals surface area contributed by atoms with Crippen molar-refractivity contribution in [2.75, 3.05) is 0 Å². The number of aromatic nitrogens is 2. The molecule has 3 rings (SSSR count). The molecule has 0 bridgehead atoms. The van der Waals surface area contributed by atoms with Gasteiger partial charge in [0, 0.05) is 19.7 Å². The second kappa shape index (κ2) is 6.66. The van der Waals surface area contributed by atoms with Crippen molar-refractivity contribution in [2.45, 2.75) is 44.4 Å². The third-order valence-corrected chi connectivity index (χ3v) is 4.89. The number of rotatable bonds is 5. The van der Waals surface area contributed by atoms with Crippen LogP contribution in [0.2, 0.25) is 0 Å². The normalized spacial score (nSPS) is 14.9. The van der Waals surface area contributed by atoms with Crippen molar-refractivity contribution in [1.29, 1.82) is 0 Å². The van der Waals surface area contributed by atoms with E-state index in [9.17, 15) is 19.5 Å². The smallest absolute Gasteiger partial charge is 0.303 e. The molecule has 1 fully saturated rings. The quantitative estimate of drug-likeness (QED) is 0.806. The largest absolute Gasteiger partial charge is 0.506 e. The molecule has 25 heavy (non-hydrogen) atoms. The molecule has 1 aliphatic rings. The minimum absolute atomic E-state index is 0.305. The SMILES string of the molecule is Cn1c(=O)c(C(=O)CCC(=O)O)c(O)c2cc(C3CCCC3)cnc21. The summed E-state index contributed by atoms with van der Waals surface area (Å²) in [6, 6.07) is 1.79. The second-order valence-electron chi connectivity index (χ2n) is 6.53. The third kappa shape index (κ3) is 3.14. The van der Waals surface area contributed by atoms with Gasteiger partial charge in [-0.15, -0.1) is 0 Å². The second-order valence-corrected chi connectivity index (χ2v) is 6.53. The molecule has 0 saturated heterocycles. The number of ketones is 1. The van der Waals surface area contributed by atoms with Crippen molar-refractivity contribution in [2.24, 2.45) is 7.05 Å². The van der Waals surface area contributed by atoms with Crippen molar-refractivity contribution >= 4 is 22.8 Å². The number of carboxylic acids is 1. The van der Waals surface area contributed by atoms with Gasteiger partial charge in [0.1, 0.15) is 17.0 Å². The number of nitrogens with zero attached hydrogens (tertiary/aromatic N) is 2. The summed E-state index contributed by atoms with van der Waals surface area (Å²) in [5.74, 6) is -1.83. The van der Waals surface area contributed by atoms with Gasteiger partial charge in [-0.25, -0.2) is 4.98 Å². The van der Waals surface area contributed by atoms with Crippen LogP contribution in [0.5, 0.6) is 5.75 Å². The molecule has 0 spiro atoms. The van der Waals surface area contributed by atoms with E-state index in [1.165, 1.54) is 11.6 Å². The minimum atomic E-state index is -1.13. The van der Waals surface area contributed by atoms with Crippen LogP contribution in [0, 0.1) is 0 Å². The molecule has 2 aromatic rings. The molecular formula is C18H20N2O5. The zero-order valence-corrected chi connectivity index (χ0v) is 14.0. The average Bonchev–Trinajstić information content (AvgIpc) is 3.12. The van der Waals surface area contributed by atoms with E-state index in [-0.39, 0.29) is 18.4 Å². The van der Waals surface area contributed by atoms with Crippen LogP contribution in [0.3, 0.4) is 0 Å². The molecule has 7 nitrogen and oxygen atoms in total. The highest BCUT2D eigenvalue weighted by molar-refractivity contribution is 6.03. The summed E-state index contributed by atoms with van der Waals surface area (Å²) in [5, 5.41) is 19.6. The molecular weight excluding hydrogens is 324 g/mol. The summed E-state index contributed by atoms with van der Waals surface area (Å²) in [6.07, 6.45) is 5.43. The Labute approximate surface area is 143 Å². The predicted octanol–water partition coefficient (Wildman–Crippen LogP) is 2.34. The van der Waals surface area contributed by atoms with E-state index in [4.69, 9.17) is 5.11 Å². The summed E-state index contributed by atoms with van der Waals surface area (Å²) in [4.78, 5) is 39.7. The molecule has 132 valence electrons. The predicted molar refractivity (Wildman–Crippen MR) is 91.1 cm³/mol. The van der Waals surface area contributed by atoms with E-state index in [2.05, 4.69) is 4.98 Å². The summed E-state index contributed by atoms with van der Waals surface area (Å²) >= 11 is 0. The van der Waals surface area contributed by atoms with E-state index in [0.29, 0.717) is 17.0 Å². The number of Topliss-reactive ketones (excluding diaryl/α,β-unsaturated/α-hetero) is 1. The summed E-state index contributed by atoms with van der Waals surface area (Å²) in [7, 11) is 1.49. The maximum absolute atomic E-state index is 12.4. The molecule has 2 N–H and O–H groups in total. The Bertz CT molecular complexity index is 910. The number of fused-ring (bicyclic) bond motifs is 1. The van der Waals surface area contributed by atoms with Crippen LogP contribution in [0.15, 0.2) is 17.1 Å². The maximum Gasteiger partial charge on any atom is 0.303 e. The first-order chi connectivity index (χ1) is 11.9. The number of aromatic hydroxyl groups is 1. The molecule has 2 heterocycles. The Morgan fingerprint density at radius 2 is 1.96 bits per heavy atom. The maximum atomic E-state index is 12.4. The first-order valence-electron chi connectivity index (χ1n) is 8.36. The molecule has 1 saturated carbocycles. The van der Waals surface area contributed by atoms with Crippen molar-refractivity contribution in [3.8, 4) is 5.75 Å². The van der Waals surface area contributed by atoms with Crippen LogP contribution in [0.1, 0.15) is 60.4 Å². The lowest BCUT2D eigenvalue weighted by Crippen LogP contribution is -2.25. The number of hydrogen-bond donors (Lipinski definition) is 2. The molecule has 0 atom stereocenters. The number of aryl methyl sites for hydroxylation is 1. The van der Waals surface area contributed by atoms with Crippen LogP contribution < -0.4 is 5.56 Å². The van der Waals surface area contributed by atoms with Gasteiger partial charge in [0.05, 0.1) is 11.8 Å². The molecule has 7 heteroatoms. The fourth-order valence-electron chi connectivity index (χ4n) is 3.49. The highest BCUT2D eigenvalue weighted by Gasteiger charge is 2.24. The highest BCUT2D eigenvalue weighted by Crippen LogP contribution is 2.36. The van der Waals surface area contributed by atoms with Crippen molar-refractivity contribution < 1.29 is 19.8 Å². The van der Waals surface area contributed by atoms with E-state index in [0.717, 1.165) is 31.2 Å². The Balaban J connectivity index is 2.12. The molecule has 0 aromatic carbocycles. The summed E-state index contributed by atoms with van der Waals surface area (Å²) in [6.45, 7) is 0. The Hall–Kier alpha value is -2.70. The molecule has 0 radical (unpaired) electrons. The average molecular weight is 344 g/mol. The van der Waals surface area contributed by atoms with Gasteiger partial charge in [-0.3, -0.25) is 19.0 Å².